The van der Waals surface area contributed by atoms with E-state index in [1.54, 1.807) is 14.1 Å². The highest BCUT2D eigenvalue weighted by molar-refractivity contribution is 5.84. The lowest BCUT2D eigenvalue weighted by molar-refractivity contribution is -0.131. The molecule has 2 amide bonds. The van der Waals surface area contributed by atoms with Crippen LogP contribution >= 0.6 is 0 Å². The van der Waals surface area contributed by atoms with Gasteiger partial charge in [0.1, 0.15) is 0 Å². The smallest absolute Gasteiger partial charge is 0.241 e. The van der Waals surface area contributed by atoms with E-state index in [1.807, 2.05) is 0 Å². The molecule has 1 fully saturated rings. The lowest BCUT2D eigenvalue weighted by Gasteiger charge is -2.26. The van der Waals surface area contributed by atoms with Crippen LogP contribution in [0.4, 0.5) is 0 Å². The standard InChI is InChI=1S/C12H23N3O2/c1-15(2)12(17)8-14-11(16)7-9-4-3-5-10(13)6-9/h9-10H,3-8,13H2,1-2H3,(H,14,16). The van der Waals surface area contributed by atoms with E-state index in [0.29, 0.717) is 12.3 Å². The second-order valence-electron chi connectivity index (χ2n) is 5.06. The fourth-order valence-corrected chi connectivity index (χ4v) is 2.18. The maximum Gasteiger partial charge on any atom is 0.241 e. The molecule has 0 spiro atoms. The molecule has 1 saturated carbocycles. The third kappa shape index (κ3) is 5.17. The minimum Gasteiger partial charge on any atom is -0.347 e. The molecule has 1 aliphatic carbocycles. The number of carbonyl (C=O) groups is 2. The molecule has 0 aliphatic heterocycles. The van der Waals surface area contributed by atoms with Crippen LogP contribution in [0.1, 0.15) is 32.1 Å². The van der Waals surface area contributed by atoms with Crippen molar-refractivity contribution in [1.29, 1.82) is 0 Å². The van der Waals surface area contributed by atoms with Crippen molar-refractivity contribution in [3.8, 4) is 0 Å². The highest BCUT2D eigenvalue weighted by Gasteiger charge is 2.21. The average Bonchev–Trinajstić information content (AvgIpc) is 2.25. The van der Waals surface area contributed by atoms with Crippen molar-refractivity contribution in [2.24, 2.45) is 11.7 Å². The fraction of sp³-hybridized carbons (Fsp3) is 0.833. The number of nitrogens with zero attached hydrogens (tertiary/aromatic N) is 1. The van der Waals surface area contributed by atoms with Gasteiger partial charge in [-0.1, -0.05) is 6.42 Å². The Morgan fingerprint density at radius 2 is 2.06 bits per heavy atom. The summed E-state index contributed by atoms with van der Waals surface area (Å²) in [6.45, 7) is 0.0879. The molecule has 5 nitrogen and oxygen atoms in total. The van der Waals surface area contributed by atoms with Crippen molar-refractivity contribution in [2.75, 3.05) is 20.6 Å². The Labute approximate surface area is 103 Å². The van der Waals surface area contributed by atoms with Crippen molar-refractivity contribution < 1.29 is 9.59 Å². The van der Waals surface area contributed by atoms with Gasteiger partial charge in [-0.05, 0) is 25.2 Å². The molecule has 0 aromatic carbocycles. The highest BCUT2D eigenvalue weighted by atomic mass is 16.2. The van der Waals surface area contributed by atoms with Crippen LogP contribution in [0.25, 0.3) is 0 Å². The Balaban J connectivity index is 2.22. The van der Waals surface area contributed by atoms with Crippen molar-refractivity contribution >= 4 is 11.8 Å². The van der Waals surface area contributed by atoms with Gasteiger partial charge in [-0.15, -0.1) is 0 Å². The summed E-state index contributed by atoms with van der Waals surface area (Å²) in [6.07, 6.45) is 4.67. The first kappa shape index (κ1) is 14.0. The van der Waals surface area contributed by atoms with E-state index in [0.717, 1.165) is 25.7 Å². The van der Waals surface area contributed by atoms with Crippen LogP contribution in [-0.4, -0.2) is 43.4 Å². The van der Waals surface area contributed by atoms with E-state index in [9.17, 15) is 9.59 Å². The third-order valence-corrected chi connectivity index (χ3v) is 3.23. The van der Waals surface area contributed by atoms with Gasteiger partial charge < -0.3 is 16.0 Å². The summed E-state index contributed by atoms with van der Waals surface area (Å²) in [4.78, 5) is 24.4. The second-order valence-corrected chi connectivity index (χ2v) is 5.06. The Morgan fingerprint density at radius 3 is 2.65 bits per heavy atom. The van der Waals surface area contributed by atoms with Gasteiger partial charge in [-0.2, -0.15) is 0 Å². The van der Waals surface area contributed by atoms with Crippen molar-refractivity contribution in [1.82, 2.24) is 10.2 Å². The molecule has 2 unspecified atom stereocenters. The minimum absolute atomic E-state index is 0.0423. The number of rotatable bonds is 4. The van der Waals surface area contributed by atoms with Gasteiger partial charge in [0, 0.05) is 26.6 Å². The van der Waals surface area contributed by atoms with E-state index < -0.39 is 0 Å². The van der Waals surface area contributed by atoms with Crippen LogP contribution in [0.2, 0.25) is 0 Å². The third-order valence-electron chi connectivity index (χ3n) is 3.23. The normalized spacial score (nSPS) is 24.2. The predicted octanol–water partition coefficient (Wildman–Crippen LogP) is 0.0984. The monoisotopic (exact) mass is 241 g/mol. The van der Waals surface area contributed by atoms with E-state index in [-0.39, 0.29) is 24.4 Å². The van der Waals surface area contributed by atoms with E-state index in [4.69, 9.17) is 5.73 Å². The second kappa shape index (κ2) is 6.59. The zero-order chi connectivity index (χ0) is 12.8. The summed E-state index contributed by atoms with van der Waals surface area (Å²) in [5.74, 6) is 0.256. The molecule has 0 aromatic heterocycles. The minimum atomic E-state index is -0.0845. The van der Waals surface area contributed by atoms with Gasteiger partial charge >= 0.3 is 0 Å². The molecule has 1 aliphatic rings. The zero-order valence-corrected chi connectivity index (χ0v) is 10.7. The molecule has 0 bridgehead atoms. The fourth-order valence-electron chi connectivity index (χ4n) is 2.18. The summed E-state index contributed by atoms with van der Waals surface area (Å²) < 4.78 is 0. The Hall–Kier alpha value is -1.10. The first-order valence-corrected chi connectivity index (χ1v) is 6.21. The maximum atomic E-state index is 11.6. The Kier molecular flexibility index (Phi) is 5.41. The van der Waals surface area contributed by atoms with Crippen LogP contribution in [-0.2, 0) is 9.59 Å². The van der Waals surface area contributed by atoms with Crippen LogP contribution in [0.3, 0.4) is 0 Å². The van der Waals surface area contributed by atoms with Gasteiger partial charge in [0.25, 0.3) is 0 Å². The van der Waals surface area contributed by atoms with Gasteiger partial charge in [0.15, 0.2) is 0 Å². The SMILES string of the molecule is CN(C)C(=O)CNC(=O)CC1CCCC(N)C1. The summed E-state index contributed by atoms with van der Waals surface area (Å²) in [5.41, 5.74) is 5.87. The number of nitrogens with one attached hydrogen (secondary N) is 1. The molecule has 2 atom stereocenters. The number of likely N-dealkylation sites (N-methyl/N-ethyl adjacent to an activating group) is 1. The topological polar surface area (TPSA) is 75.4 Å². The van der Waals surface area contributed by atoms with Crippen LogP contribution in [0.15, 0.2) is 0 Å². The maximum absolute atomic E-state index is 11.6. The number of nitrogens with two attached hydrogens (primary N) is 1. The average molecular weight is 241 g/mol. The van der Waals surface area contributed by atoms with Gasteiger partial charge in [0.2, 0.25) is 11.8 Å². The first-order valence-electron chi connectivity index (χ1n) is 6.21. The van der Waals surface area contributed by atoms with Crippen molar-refractivity contribution in [2.45, 2.75) is 38.1 Å². The van der Waals surface area contributed by atoms with Crippen LogP contribution < -0.4 is 11.1 Å². The number of hydrogen-bond donors (Lipinski definition) is 2. The molecule has 0 heterocycles. The summed E-state index contributed by atoms with van der Waals surface area (Å²) >= 11 is 0. The molecule has 0 aromatic rings. The number of carbonyl (C=O) groups excluding carboxylic acids is 2. The quantitative estimate of drug-likeness (QED) is 0.733. The van der Waals surface area contributed by atoms with Gasteiger partial charge in [-0.25, -0.2) is 0 Å². The van der Waals surface area contributed by atoms with Crippen molar-refractivity contribution in [3.05, 3.63) is 0 Å². The summed E-state index contributed by atoms with van der Waals surface area (Å²) in [5, 5.41) is 2.65. The molecular formula is C12H23N3O2. The predicted molar refractivity (Wildman–Crippen MR) is 66.3 cm³/mol. The summed E-state index contributed by atoms with van der Waals surface area (Å²) in [6, 6.07) is 0.241. The Bertz CT molecular complexity index is 279. The molecule has 3 N–H and O–H groups in total. The first-order chi connectivity index (χ1) is 7.99. The number of hydrogen-bond acceptors (Lipinski definition) is 3. The lowest BCUT2D eigenvalue weighted by atomic mass is 9.84. The van der Waals surface area contributed by atoms with Gasteiger partial charge in [0.05, 0.1) is 6.54 Å². The van der Waals surface area contributed by atoms with E-state index in [2.05, 4.69) is 5.32 Å². The van der Waals surface area contributed by atoms with Crippen LogP contribution in [0.5, 0.6) is 0 Å². The molecule has 0 radical (unpaired) electrons. The molecule has 98 valence electrons. The molecule has 17 heavy (non-hydrogen) atoms. The highest BCUT2D eigenvalue weighted by Crippen LogP contribution is 2.25. The van der Waals surface area contributed by atoms with E-state index in [1.165, 1.54) is 4.90 Å². The van der Waals surface area contributed by atoms with Gasteiger partial charge in [-0.3, -0.25) is 9.59 Å². The lowest BCUT2D eigenvalue weighted by Crippen LogP contribution is -2.37. The van der Waals surface area contributed by atoms with E-state index >= 15 is 0 Å². The molecule has 5 heteroatoms. The Morgan fingerprint density at radius 1 is 1.35 bits per heavy atom. The zero-order valence-electron chi connectivity index (χ0n) is 10.7. The van der Waals surface area contributed by atoms with Crippen LogP contribution in [0, 0.1) is 5.92 Å². The van der Waals surface area contributed by atoms with Crippen molar-refractivity contribution in [3.63, 3.8) is 0 Å². The molecular weight excluding hydrogens is 218 g/mol. The summed E-state index contributed by atoms with van der Waals surface area (Å²) in [7, 11) is 3.35. The molecule has 1 rings (SSSR count). The number of amides is 2. The molecule has 0 saturated heterocycles. The largest absolute Gasteiger partial charge is 0.347 e.